The third-order valence-corrected chi connectivity index (χ3v) is 3.28. The highest BCUT2D eigenvalue weighted by Gasteiger charge is 2.32. The first-order chi connectivity index (χ1) is 9.99. The first kappa shape index (κ1) is 13.6. The number of aliphatic imine (C=N–C) groups is 1. The second-order valence-electron chi connectivity index (χ2n) is 4.63. The molecule has 0 N–H and O–H groups in total. The second kappa shape index (κ2) is 4.87. The van der Waals surface area contributed by atoms with Gasteiger partial charge in [-0.25, -0.2) is 4.98 Å². The molecule has 21 heavy (non-hydrogen) atoms. The maximum atomic E-state index is 13.0. The minimum Gasteiger partial charge on any atom is -0.481 e. The fourth-order valence-corrected chi connectivity index (χ4v) is 2.29. The smallest absolute Gasteiger partial charge is 0.416 e. The quantitative estimate of drug-likeness (QED) is 0.845. The summed E-state index contributed by atoms with van der Waals surface area (Å²) in [4.78, 5) is 8.26. The molecule has 2 heterocycles. The maximum Gasteiger partial charge on any atom is 0.416 e. The third-order valence-electron chi connectivity index (χ3n) is 3.28. The molecule has 1 aliphatic rings. The highest BCUT2D eigenvalue weighted by atomic mass is 19.4. The number of fused-ring (bicyclic) bond motifs is 1. The Morgan fingerprint density at radius 2 is 2.00 bits per heavy atom. The fourth-order valence-electron chi connectivity index (χ4n) is 2.29. The van der Waals surface area contributed by atoms with E-state index in [0.717, 1.165) is 12.1 Å². The summed E-state index contributed by atoms with van der Waals surface area (Å²) in [6, 6.07) is 7.25. The monoisotopic (exact) mass is 292 g/mol. The van der Waals surface area contributed by atoms with E-state index in [1.54, 1.807) is 24.4 Å². The summed E-state index contributed by atoms with van der Waals surface area (Å²) in [5, 5.41) is 0. The van der Waals surface area contributed by atoms with Gasteiger partial charge in [0.15, 0.2) is 0 Å². The zero-order valence-corrected chi connectivity index (χ0v) is 11.1. The Morgan fingerprint density at radius 3 is 2.71 bits per heavy atom. The summed E-state index contributed by atoms with van der Waals surface area (Å²) >= 11 is 0. The lowest BCUT2D eigenvalue weighted by Crippen LogP contribution is -2.07. The lowest BCUT2D eigenvalue weighted by Gasteiger charge is -2.13. The Morgan fingerprint density at radius 1 is 1.19 bits per heavy atom. The molecule has 2 aromatic rings. The molecule has 1 aromatic heterocycles. The Balaban J connectivity index is 2.21. The zero-order valence-electron chi connectivity index (χ0n) is 11.1. The Bertz CT molecular complexity index is 723. The predicted octanol–water partition coefficient (Wildman–Crippen LogP) is 3.71. The van der Waals surface area contributed by atoms with Crippen LogP contribution in [0.25, 0.3) is 11.3 Å². The lowest BCUT2D eigenvalue weighted by atomic mass is 9.97. The predicted molar refractivity (Wildman–Crippen MR) is 72.5 cm³/mol. The van der Waals surface area contributed by atoms with Gasteiger partial charge in [-0.15, -0.1) is 0 Å². The molecule has 108 valence electrons. The van der Waals surface area contributed by atoms with Crippen LogP contribution in [0.2, 0.25) is 0 Å². The van der Waals surface area contributed by atoms with Crippen molar-refractivity contribution in [2.75, 3.05) is 7.11 Å². The van der Waals surface area contributed by atoms with Gasteiger partial charge in [-0.05, 0) is 23.8 Å². The van der Waals surface area contributed by atoms with Crippen LogP contribution in [0.5, 0.6) is 5.88 Å². The van der Waals surface area contributed by atoms with E-state index in [-0.39, 0.29) is 6.54 Å². The van der Waals surface area contributed by atoms with Crippen LogP contribution in [-0.4, -0.2) is 18.3 Å². The van der Waals surface area contributed by atoms with Crippen molar-refractivity contribution in [3.63, 3.8) is 0 Å². The molecule has 6 heteroatoms. The minimum absolute atomic E-state index is 0.260. The molecular formula is C15H11F3N2O. The average Bonchev–Trinajstić information content (AvgIpc) is 2.93. The minimum atomic E-state index is -4.40. The van der Waals surface area contributed by atoms with Crippen molar-refractivity contribution < 1.29 is 17.9 Å². The molecule has 3 nitrogen and oxygen atoms in total. The number of hydrogen-bond donors (Lipinski definition) is 0. The van der Waals surface area contributed by atoms with Crippen LogP contribution >= 0.6 is 0 Å². The normalized spacial score (nSPS) is 13.3. The highest BCUT2D eigenvalue weighted by Crippen LogP contribution is 2.36. The molecular weight excluding hydrogens is 281 g/mol. The van der Waals surface area contributed by atoms with Crippen LogP contribution in [0.1, 0.15) is 16.7 Å². The average molecular weight is 292 g/mol. The second-order valence-corrected chi connectivity index (χ2v) is 4.63. The lowest BCUT2D eigenvalue weighted by molar-refractivity contribution is -0.137. The molecule has 0 radical (unpaired) electrons. The van der Waals surface area contributed by atoms with Gasteiger partial charge in [-0.2, -0.15) is 13.2 Å². The summed E-state index contributed by atoms with van der Waals surface area (Å²) < 4.78 is 44.1. The summed E-state index contributed by atoms with van der Waals surface area (Å²) in [6.45, 7) is 0.260. The number of benzene rings is 1. The molecule has 0 atom stereocenters. The molecule has 1 aromatic carbocycles. The van der Waals surface area contributed by atoms with E-state index in [1.807, 2.05) is 0 Å². The van der Waals surface area contributed by atoms with E-state index < -0.39 is 11.7 Å². The van der Waals surface area contributed by atoms with Gasteiger partial charge in [-0.1, -0.05) is 6.07 Å². The Kier molecular flexibility index (Phi) is 3.16. The molecule has 1 aliphatic heterocycles. The van der Waals surface area contributed by atoms with Crippen molar-refractivity contribution >= 4 is 6.21 Å². The van der Waals surface area contributed by atoms with E-state index in [4.69, 9.17) is 4.74 Å². The number of pyridine rings is 1. The number of halogens is 3. The molecule has 0 saturated carbocycles. The zero-order chi connectivity index (χ0) is 15.0. The molecule has 0 spiro atoms. The number of nitrogens with zero attached hydrogens (tertiary/aromatic N) is 2. The van der Waals surface area contributed by atoms with E-state index >= 15 is 0 Å². The van der Waals surface area contributed by atoms with E-state index in [9.17, 15) is 13.2 Å². The standard InChI is InChI=1S/C15H11F3N2O/c1-21-14-4-2-3-13(20-14)11-6-10(15(16,17)18)5-9-7-19-8-12(9)11/h2-6,8H,7H2,1H3. The Hall–Kier alpha value is -2.37. The molecule has 0 amide bonds. The van der Waals surface area contributed by atoms with Crippen molar-refractivity contribution in [1.29, 1.82) is 0 Å². The Labute approximate surface area is 119 Å². The number of alkyl halides is 3. The van der Waals surface area contributed by atoms with Gasteiger partial charge in [0.2, 0.25) is 5.88 Å². The SMILES string of the molecule is COc1cccc(-c2cc(C(F)(F)F)cc3c2C=NC3)n1. The number of ether oxygens (including phenoxy) is 1. The third kappa shape index (κ3) is 2.49. The summed E-state index contributed by atoms with van der Waals surface area (Å²) in [7, 11) is 1.46. The number of rotatable bonds is 2. The van der Waals surface area contributed by atoms with Crippen LogP contribution in [-0.2, 0) is 12.7 Å². The van der Waals surface area contributed by atoms with E-state index in [0.29, 0.717) is 28.3 Å². The molecule has 0 fully saturated rings. The number of methoxy groups -OCH3 is 1. The summed E-state index contributed by atoms with van der Waals surface area (Å²) in [5.74, 6) is 0.355. The van der Waals surface area contributed by atoms with Crippen LogP contribution in [0, 0.1) is 0 Å². The van der Waals surface area contributed by atoms with Crippen LogP contribution < -0.4 is 4.74 Å². The first-order valence-electron chi connectivity index (χ1n) is 6.24. The van der Waals surface area contributed by atoms with Crippen LogP contribution in [0.15, 0.2) is 35.3 Å². The summed E-state index contributed by atoms with van der Waals surface area (Å²) in [5.41, 5.74) is 1.41. The van der Waals surface area contributed by atoms with Crippen LogP contribution in [0.3, 0.4) is 0 Å². The van der Waals surface area contributed by atoms with E-state index in [1.165, 1.54) is 7.11 Å². The van der Waals surface area contributed by atoms with Crippen molar-refractivity contribution in [2.45, 2.75) is 12.7 Å². The van der Waals surface area contributed by atoms with Crippen molar-refractivity contribution in [3.05, 3.63) is 47.0 Å². The van der Waals surface area contributed by atoms with Gasteiger partial charge in [-0.3, -0.25) is 4.99 Å². The van der Waals surface area contributed by atoms with Gasteiger partial charge >= 0.3 is 6.18 Å². The first-order valence-corrected chi connectivity index (χ1v) is 6.24. The van der Waals surface area contributed by atoms with Crippen LogP contribution in [0.4, 0.5) is 13.2 Å². The topological polar surface area (TPSA) is 34.5 Å². The number of aromatic nitrogens is 1. The van der Waals surface area contributed by atoms with Gasteiger partial charge in [0.05, 0.1) is 24.9 Å². The maximum absolute atomic E-state index is 13.0. The summed E-state index contributed by atoms with van der Waals surface area (Å²) in [6.07, 6.45) is -2.81. The van der Waals surface area contributed by atoms with Crippen molar-refractivity contribution in [1.82, 2.24) is 4.98 Å². The highest BCUT2D eigenvalue weighted by molar-refractivity contribution is 5.93. The molecule has 0 bridgehead atoms. The van der Waals surface area contributed by atoms with Crippen molar-refractivity contribution in [3.8, 4) is 17.1 Å². The largest absolute Gasteiger partial charge is 0.481 e. The molecule has 0 unspecified atom stereocenters. The molecule has 3 rings (SSSR count). The van der Waals surface area contributed by atoms with Gasteiger partial charge < -0.3 is 4.74 Å². The molecule has 0 aliphatic carbocycles. The molecule has 0 saturated heterocycles. The van der Waals surface area contributed by atoms with Crippen molar-refractivity contribution in [2.24, 2.45) is 4.99 Å². The van der Waals surface area contributed by atoms with E-state index in [2.05, 4.69) is 9.98 Å². The van der Waals surface area contributed by atoms with Gasteiger partial charge in [0.25, 0.3) is 0 Å². The fraction of sp³-hybridized carbons (Fsp3) is 0.200. The number of hydrogen-bond acceptors (Lipinski definition) is 3. The van der Waals surface area contributed by atoms with Gasteiger partial charge in [0, 0.05) is 23.4 Å². The van der Waals surface area contributed by atoms with Gasteiger partial charge in [0.1, 0.15) is 0 Å².